The zero-order valence-corrected chi connectivity index (χ0v) is 20.1. The van der Waals surface area contributed by atoms with Gasteiger partial charge in [0.15, 0.2) is 0 Å². The highest BCUT2D eigenvalue weighted by molar-refractivity contribution is 6.31. The molecule has 0 fully saturated rings. The molecule has 0 aliphatic carbocycles. The molecule has 2 heterocycles. The number of aromatic nitrogens is 3. The number of aromatic amines is 2. The van der Waals surface area contributed by atoms with E-state index in [0.29, 0.717) is 40.6 Å². The van der Waals surface area contributed by atoms with Gasteiger partial charge in [-0.2, -0.15) is 0 Å². The molecule has 36 heavy (non-hydrogen) atoms. The summed E-state index contributed by atoms with van der Waals surface area (Å²) in [5.41, 5.74) is 4.83. The lowest BCUT2D eigenvalue weighted by Crippen LogP contribution is -2.20. The largest absolute Gasteiger partial charge is 0.361 e. The first kappa shape index (κ1) is 23.3. The SMILES string of the molecule is CC(=NCCc1c[nH]c2ccc(Cl)cc12)c1c(-c2ccccc2)[nH]n(-c2ccc([N+](=O)[O-])cc2)c1=O. The summed E-state index contributed by atoms with van der Waals surface area (Å²) >= 11 is 6.17. The number of halogens is 1. The highest BCUT2D eigenvalue weighted by Gasteiger charge is 2.19. The van der Waals surface area contributed by atoms with Crippen molar-refractivity contribution in [1.82, 2.24) is 14.8 Å². The lowest BCUT2D eigenvalue weighted by molar-refractivity contribution is -0.384. The third-order valence-corrected chi connectivity index (χ3v) is 6.33. The second kappa shape index (κ2) is 9.67. The van der Waals surface area contributed by atoms with E-state index in [1.54, 1.807) is 12.1 Å². The summed E-state index contributed by atoms with van der Waals surface area (Å²) in [4.78, 5) is 32.1. The molecular weight excluding hydrogens is 478 g/mol. The van der Waals surface area contributed by atoms with Crippen LogP contribution in [-0.4, -0.2) is 31.9 Å². The zero-order valence-electron chi connectivity index (χ0n) is 19.4. The Bertz CT molecular complexity index is 1650. The van der Waals surface area contributed by atoms with Crippen LogP contribution in [0.25, 0.3) is 27.8 Å². The van der Waals surface area contributed by atoms with Gasteiger partial charge in [-0.05, 0) is 49.2 Å². The van der Waals surface area contributed by atoms with E-state index in [9.17, 15) is 14.9 Å². The molecular formula is C27H22ClN5O3. The molecule has 2 N–H and O–H groups in total. The van der Waals surface area contributed by atoms with E-state index in [1.807, 2.05) is 61.7 Å². The highest BCUT2D eigenvalue weighted by Crippen LogP contribution is 2.24. The van der Waals surface area contributed by atoms with Gasteiger partial charge in [-0.3, -0.25) is 25.0 Å². The predicted octanol–water partition coefficient (Wildman–Crippen LogP) is 5.93. The highest BCUT2D eigenvalue weighted by atomic mass is 35.5. The predicted molar refractivity (Wildman–Crippen MR) is 143 cm³/mol. The Hall–Kier alpha value is -4.43. The van der Waals surface area contributed by atoms with Crippen molar-refractivity contribution in [3.63, 3.8) is 0 Å². The van der Waals surface area contributed by atoms with Gasteiger partial charge in [-0.15, -0.1) is 0 Å². The number of nitrogens with one attached hydrogen (secondary N) is 2. The van der Waals surface area contributed by atoms with Gasteiger partial charge < -0.3 is 4.98 Å². The average Bonchev–Trinajstić information content (AvgIpc) is 3.45. The Morgan fingerprint density at radius 2 is 1.83 bits per heavy atom. The van der Waals surface area contributed by atoms with Gasteiger partial charge in [0.1, 0.15) is 0 Å². The van der Waals surface area contributed by atoms with Crippen molar-refractivity contribution < 1.29 is 4.92 Å². The van der Waals surface area contributed by atoms with Crippen LogP contribution in [0.1, 0.15) is 18.1 Å². The third-order valence-electron chi connectivity index (χ3n) is 6.09. The molecule has 0 saturated heterocycles. The Kier molecular flexibility index (Phi) is 6.26. The normalized spacial score (nSPS) is 11.8. The van der Waals surface area contributed by atoms with Crippen molar-refractivity contribution >= 4 is 33.9 Å². The number of rotatable bonds is 7. The van der Waals surface area contributed by atoms with Crippen molar-refractivity contribution in [3.05, 3.63) is 116 Å². The number of fused-ring (bicyclic) bond motifs is 1. The van der Waals surface area contributed by atoms with E-state index in [4.69, 9.17) is 16.6 Å². The van der Waals surface area contributed by atoms with E-state index >= 15 is 0 Å². The van der Waals surface area contributed by atoms with Crippen molar-refractivity contribution in [3.8, 4) is 16.9 Å². The van der Waals surface area contributed by atoms with Crippen LogP contribution in [-0.2, 0) is 6.42 Å². The van der Waals surface area contributed by atoms with Gasteiger partial charge in [0.2, 0.25) is 0 Å². The maximum absolute atomic E-state index is 13.5. The number of nitrogens with zero attached hydrogens (tertiary/aromatic N) is 3. The fourth-order valence-electron chi connectivity index (χ4n) is 4.27. The van der Waals surface area contributed by atoms with Gasteiger partial charge in [-0.1, -0.05) is 41.9 Å². The molecule has 0 atom stereocenters. The van der Waals surface area contributed by atoms with E-state index < -0.39 is 4.92 Å². The van der Waals surface area contributed by atoms with Crippen LogP contribution in [0.15, 0.2) is 88.8 Å². The molecule has 0 spiro atoms. The second-order valence-corrected chi connectivity index (χ2v) is 8.80. The molecule has 5 aromatic rings. The summed E-state index contributed by atoms with van der Waals surface area (Å²) in [6.07, 6.45) is 2.64. The minimum atomic E-state index is -0.472. The first-order valence-corrected chi connectivity index (χ1v) is 11.7. The average molecular weight is 500 g/mol. The summed E-state index contributed by atoms with van der Waals surface area (Å²) in [6.45, 7) is 2.31. The van der Waals surface area contributed by atoms with Crippen molar-refractivity contribution in [2.75, 3.05) is 6.54 Å². The second-order valence-electron chi connectivity index (χ2n) is 8.36. The molecule has 0 saturated carbocycles. The van der Waals surface area contributed by atoms with E-state index in [1.165, 1.54) is 16.8 Å². The standard InChI is InChI=1S/C27H22ClN5O3/c1-17(29-14-13-19-16-30-24-12-7-20(28)15-23(19)24)25-26(18-5-3-2-4-6-18)31-32(27(25)34)21-8-10-22(11-9-21)33(35)36/h2-12,15-16,30-31H,13-14H2,1H3. The summed E-state index contributed by atoms with van der Waals surface area (Å²) in [5.74, 6) is 0. The van der Waals surface area contributed by atoms with Crippen LogP contribution >= 0.6 is 11.6 Å². The molecule has 0 radical (unpaired) electrons. The quantitative estimate of drug-likeness (QED) is 0.164. The van der Waals surface area contributed by atoms with Crippen LogP contribution in [0.2, 0.25) is 5.02 Å². The topological polar surface area (TPSA) is 109 Å². The molecule has 180 valence electrons. The summed E-state index contributed by atoms with van der Waals surface area (Å²) in [6, 6.07) is 21.1. The molecule has 9 heteroatoms. The number of hydrogen-bond acceptors (Lipinski definition) is 4. The molecule has 0 aliphatic heterocycles. The molecule has 0 unspecified atom stereocenters. The van der Waals surface area contributed by atoms with Crippen molar-refractivity contribution in [2.45, 2.75) is 13.3 Å². The fraction of sp³-hybridized carbons (Fsp3) is 0.111. The third kappa shape index (κ3) is 4.46. The number of benzene rings is 3. The van der Waals surface area contributed by atoms with Crippen LogP contribution in [0.5, 0.6) is 0 Å². The van der Waals surface area contributed by atoms with Crippen LogP contribution in [0, 0.1) is 10.1 Å². The zero-order chi connectivity index (χ0) is 25.2. The lowest BCUT2D eigenvalue weighted by Gasteiger charge is -2.03. The molecule has 0 amide bonds. The Balaban J connectivity index is 1.50. The smallest absolute Gasteiger partial charge is 0.280 e. The fourth-order valence-corrected chi connectivity index (χ4v) is 4.44. The monoisotopic (exact) mass is 499 g/mol. The Labute approximate surface area is 211 Å². The molecule has 8 nitrogen and oxygen atoms in total. The van der Waals surface area contributed by atoms with E-state index in [-0.39, 0.29) is 11.2 Å². The van der Waals surface area contributed by atoms with Crippen molar-refractivity contribution in [2.24, 2.45) is 4.99 Å². The maximum atomic E-state index is 13.5. The number of nitro benzene ring substituents is 1. The number of aliphatic imine (C=N–C) groups is 1. The minimum absolute atomic E-state index is 0.0434. The van der Waals surface area contributed by atoms with Gasteiger partial charge in [0, 0.05) is 52.1 Å². The Morgan fingerprint density at radius 3 is 2.56 bits per heavy atom. The molecule has 5 rings (SSSR count). The molecule has 0 bridgehead atoms. The van der Waals surface area contributed by atoms with Gasteiger partial charge in [-0.25, -0.2) is 4.68 Å². The minimum Gasteiger partial charge on any atom is -0.361 e. The summed E-state index contributed by atoms with van der Waals surface area (Å²) in [5, 5.41) is 15.9. The van der Waals surface area contributed by atoms with E-state index in [0.717, 1.165) is 22.0 Å². The lowest BCUT2D eigenvalue weighted by atomic mass is 10.1. The summed E-state index contributed by atoms with van der Waals surface area (Å²) in [7, 11) is 0. The number of non-ortho nitro benzene ring substituents is 1. The molecule has 3 aromatic carbocycles. The van der Waals surface area contributed by atoms with Crippen molar-refractivity contribution in [1.29, 1.82) is 0 Å². The van der Waals surface area contributed by atoms with Crippen LogP contribution in [0.3, 0.4) is 0 Å². The van der Waals surface area contributed by atoms with Gasteiger partial charge in [0.05, 0.1) is 21.9 Å². The Morgan fingerprint density at radius 1 is 1.08 bits per heavy atom. The van der Waals surface area contributed by atoms with Crippen LogP contribution in [0.4, 0.5) is 5.69 Å². The number of nitro groups is 1. The van der Waals surface area contributed by atoms with Gasteiger partial charge in [0.25, 0.3) is 11.2 Å². The molecule has 2 aromatic heterocycles. The van der Waals surface area contributed by atoms with E-state index in [2.05, 4.69) is 10.1 Å². The summed E-state index contributed by atoms with van der Waals surface area (Å²) < 4.78 is 1.39. The number of H-pyrrole nitrogens is 2. The first-order chi connectivity index (χ1) is 17.4. The van der Waals surface area contributed by atoms with Gasteiger partial charge >= 0.3 is 0 Å². The first-order valence-electron chi connectivity index (χ1n) is 11.3. The van der Waals surface area contributed by atoms with Crippen LogP contribution < -0.4 is 5.56 Å². The maximum Gasteiger partial charge on any atom is 0.280 e. The number of hydrogen-bond donors (Lipinski definition) is 2. The molecule has 0 aliphatic rings.